The van der Waals surface area contributed by atoms with Gasteiger partial charge in [-0.25, -0.2) is 5.06 Å². The SMILES string of the molecule is CON(C)C(=O)c1cccc(N(C)C)c1. The van der Waals surface area contributed by atoms with Gasteiger partial charge in [-0.3, -0.25) is 9.63 Å². The maximum Gasteiger partial charge on any atom is 0.277 e. The molecule has 15 heavy (non-hydrogen) atoms. The molecule has 4 heteroatoms. The summed E-state index contributed by atoms with van der Waals surface area (Å²) >= 11 is 0. The average Bonchev–Trinajstić information content (AvgIpc) is 2.27. The van der Waals surface area contributed by atoms with Crippen LogP contribution in [0, 0.1) is 0 Å². The third-order valence-electron chi connectivity index (χ3n) is 2.17. The minimum atomic E-state index is -0.152. The van der Waals surface area contributed by atoms with Crippen LogP contribution < -0.4 is 4.90 Å². The van der Waals surface area contributed by atoms with Crippen LogP contribution in [0.3, 0.4) is 0 Å². The van der Waals surface area contributed by atoms with Crippen LogP contribution in [0.15, 0.2) is 24.3 Å². The Labute approximate surface area is 90.0 Å². The summed E-state index contributed by atoms with van der Waals surface area (Å²) in [5.41, 5.74) is 1.61. The smallest absolute Gasteiger partial charge is 0.277 e. The van der Waals surface area contributed by atoms with Gasteiger partial charge >= 0.3 is 0 Å². The van der Waals surface area contributed by atoms with Crippen molar-refractivity contribution in [2.75, 3.05) is 33.2 Å². The van der Waals surface area contributed by atoms with E-state index in [9.17, 15) is 4.79 Å². The van der Waals surface area contributed by atoms with Crippen molar-refractivity contribution in [2.45, 2.75) is 0 Å². The number of carbonyl (C=O) groups excluding carboxylic acids is 1. The third-order valence-corrected chi connectivity index (χ3v) is 2.17. The summed E-state index contributed by atoms with van der Waals surface area (Å²) in [5, 5.41) is 1.20. The lowest BCUT2D eigenvalue weighted by Gasteiger charge is -2.16. The second-order valence-corrected chi connectivity index (χ2v) is 3.43. The maximum absolute atomic E-state index is 11.7. The van der Waals surface area contributed by atoms with Crippen LogP contribution in [-0.2, 0) is 4.84 Å². The van der Waals surface area contributed by atoms with Crippen molar-refractivity contribution < 1.29 is 9.63 Å². The Morgan fingerprint density at radius 1 is 1.27 bits per heavy atom. The molecular formula is C11H16N2O2. The van der Waals surface area contributed by atoms with Gasteiger partial charge in [0.05, 0.1) is 7.11 Å². The molecule has 0 N–H and O–H groups in total. The Balaban J connectivity index is 2.95. The summed E-state index contributed by atoms with van der Waals surface area (Å²) < 4.78 is 0. The van der Waals surface area contributed by atoms with Gasteiger partial charge in [-0.1, -0.05) is 6.07 Å². The lowest BCUT2D eigenvalue weighted by Crippen LogP contribution is -2.25. The lowest BCUT2D eigenvalue weighted by atomic mass is 10.2. The van der Waals surface area contributed by atoms with Crippen molar-refractivity contribution in [3.8, 4) is 0 Å². The Bertz CT molecular complexity index is 350. The van der Waals surface area contributed by atoms with Gasteiger partial charge in [-0.05, 0) is 18.2 Å². The first-order chi connectivity index (χ1) is 7.06. The monoisotopic (exact) mass is 208 g/mol. The third kappa shape index (κ3) is 2.70. The highest BCUT2D eigenvalue weighted by Crippen LogP contribution is 2.14. The fourth-order valence-electron chi connectivity index (χ4n) is 1.18. The van der Waals surface area contributed by atoms with Crippen molar-refractivity contribution in [3.05, 3.63) is 29.8 Å². The van der Waals surface area contributed by atoms with Crippen molar-refractivity contribution in [3.63, 3.8) is 0 Å². The number of nitrogens with zero attached hydrogens (tertiary/aromatic N) is 2. The Hall–Kier alpha value is -1.55. The van der Waals surface area contributed by atoms with E-state index in [0.29, 0.717) is 5.56 Å². The molecule has 1 aromatic carbocycles. The van der Waals surface area contributed by atoms with Crippen LogP contribution in [0.25, 0.3) is 0 Å². The molecule has 0 aliphatic rings. The molecule has 0 saturated carbocycles. The molecule has 0 aliphatic heterocycles. The zero-order valence-corrected chi connectivity index (χ0v) is 9.52. The summed E-state index contributed by atoms with van der Waals surface area (Å²) in [6.45, 7) is 0. The van der Waals surface area contributed by atoms with Crippen LogP contribution in [0.5, 0.6) is 0 Å². The van der Waals surface area contributed by atoms with Crippen LogP contribution in [0.1, 0.15) is 10.4 Å². The number of anilines is 1. The molecule has 0 heterocycles. The first-order valence-corrected chi connectivity index (χ1v) is 4.66. The Kier molecular flexibility index (Phi) is 3.68. The van der Waals surface area contributed by atoms with Crippen LogP contribution in [0.4, 0.5) is 5.69 Å². The fraction of sp³-hybridized carbons (Fsp3) is 0.364. The Morgan fingerprint density at radius 3 is 2.47 bits per heavy atom. The number of rotatable bonds is 3. The van der Waals surface area contributed by atoms with Gasteiger partial charge in [0.2, 0.25) is 0 Å². The van der Waals surface area contributed by atoms with E-state index in [1.807, 2.05) is 37.2 Å². The summed E-state index contributed by atoms with van der Waals surface area (Å²) in [7, 11) is 6.92. The molecule has 1 amide bonds. The predicted molar refractivity (Wildman–Crippen MR) is 59.9 cm³/mol. The lowest BCUT2D eigenvalue weighted by molar-refractivity contribution is -0.0756. The molecule has 0 aliphatic carbocycles. The fourth-order valence-corrected chi connectivity index (χ4v) is 1.18. The number of carbonyl (C=O) groups is 1. The molecule has 1 aromatic rings. The highest BCUT2D eigenvalue weighted by molar-refractivity contribution is 5.94. The van der Waals surface area contributed by atoms with Gasteiger partial charge in [0.1, 0.15) is 0 Å². The summed E-state index contributed by atoms with van der Waals surface area (Å²) in [6, 6.07) is 7.40. The zero-order valence-electron chi connectivity index (χ0n) is 9.52. The summed E-state index contributed by atoms with van der Waals surface area (Å²) in [5.74, 6) is -0.152. The molecule has 0 atom stereocenters. The summed E-state index contributed by atoms with van der Waals surface area (Å²) in [6.07, 6.45) is 0. The minimum Gasteiger partial charge on any atom is -0.378 e. The number of benzene rings is 1. The highest BCUT2D eigenvalue weighted by atomic mass is 16.7. The molecule has 0 radical (unpaired) electrons. The molecule has 0 spiro atoms. The van der Waals surface area contributed by atoms with E-state index in [2.05, 4.69) is 0 Å². The first kappa shape index (κ1) is 11.5. The van der Waals surface area contributed by atoms with E-state index in [1.54, 1.807) is 13.1 Å². The van der Waals surface area contributed by atoms with Crippen molar-refractivity contribution in [1.29, 1.82) is 0 Å². The predicted octanol–water partition coefficient (Wildman–Crippen LogP) is 1.39. The Morgan fingerprint density at radius 2 is 1.93 bits per heavy atom. The standard InChI is InChI=1S/C11H16N2O2/c1-12(2)10-7-5-6-9(8-10)11(14)13(3)15-4/h5-8H,1-4H3. The normalized spacial score (nSPS) is 9.87. The number of hydroxylamine groups is 2. The topological polar surface area (TPSA) is 32.8 Å². The minimum absolute atomic E-state index is 0.152. The van der Waals surface area contributed by atoms with E-state index < -0.39 is 0 Å². The molecule has 0 fully saturated rings. The summed E-state index contributed by atoms with van der Waals surface area (Å²) in [4.78, 5) is 18.5. The first-order valence-electron chi connectivity index (χ1n) is 4.66. The van der Waals surface area contributed by atoms with Gasteiger partial charge in [-0.15, -0.1) is 0 Å². The number of hydrogen-bond donors (Lipinski definition) is 0. The van der Waals surface area contributed by atoms with Gasteiger partial charge in [0.15, 0.2) is 0 Å². The number of hydrogen-bond acceptors (Lipinski definition) is 3. The van der Waals surface area contributed by atoms with Crippen LogP contribution in [0.2, 0.25) is 0 Å². The van der Waals surface area contributed by atoms with E-state index in [-0.39, 0.29) is 5.91 Å². The van der Waals surface area contributed by atoms with E-state index in [0.717, 1.165) is 5.69 Å². The van der Waals surface area contributed by atoms with E-state index in [4.69, 9.17) is 4.84 Å². The zero-order chi connectivity index (χ0) is 11.4. The van der Waals surface area contributed by atoms with Gasteiger partial charge < -0.3 is 4.90 Å². The van der Waals surface area contributed by atoms with Gasteiger partial charge in [0.25, 0.3) is 5.91 Å². The molecule has 0 saturated heterocycles. The van der Waals surface area contributed by atoms with Crippen LogP contribution >= 0.6 is 0 Å². The largest absolute Gasteiger partial charge is 0.378 e. The quantitative estimate of drug-likeness (QED) is 0.704. The molecule has 82 valence electrons. The second-order valence-electron chi connectivity index (χ2n) is 3.43. The molecule has 0 bridgehead atoms. The average molecular weight is 208 g/mol. The van der Waals surface area contributed by atoms with Gasteiger partial charge in [-0.2, -0.15) is 0 Å². The van der Waals surface area contributed by atoms with Gasteiger partial charge in [0, 0.05) is 32.4 Å². The number of amides is 1. The molecule has 0 unspecified atom stereocenters. The van der Waals surface area contributed by atoms with Crippen molar-refractivity contribution in [1.82, 2.24) is 5.06 Å². The van der Waals surface area contributed by atoms with E-state index >= 15 is 0 Å². The molecule has 1 rings (SSSR count). The highest BCUT2D eigenvalue weighted by Gasteiger charge is 2.11. The molecular weight excluding hydrogens is 192 g/mol. The van der Waals surface area contributed by atoms with Crippen molar-refractivity contribution >= 4 is 11.6 Å². The molecule has 4 nitrogen and oxygen atoms in total. The molecule has 0 aromatic heterocycles. The van der Waals surface area contributed by atoms with Crippen molar-refractivity contribution in [2.24, 2.45) is 0 Å². The maximum atomic E-state index is 11.7. The van der Waals surface area contributed by atoms with Crippen LogP contribution in [-0.4, -0.2) is 39.2 Å². The second kappa shape index (κ2) is 4.79. The van der Waals surface area contributed by atoms with E-state index in [1.165, 1.54) is 12.2 Å².